The summed E-state index contributed by atoms with van der Waals surface area (Å²) in [5, 5.41) is 2.57. The molecule has 64 valence electrons. The van der Waals surface area contributed by atoms with E-state index in [4.69, 9.17) is 11.5 Å². The van der Waals surface area contributed by atoms with Gasteiger partial charge < -0.3 is 16.8 Å². The van der Waals surface area contributed by atoms with Gasteiger partial charge in [0.05, 0.1) is 0 Å². The van der Waals surface area contributed by atoms with E-state index in [9.17, 15) is 4.79 Å². The monoisotopic (exact) mass is 158 g/mol. The largest absolute Gasteiger partial charge is 0.370 e. The Morgan fingerprint density at radius 3 is 2.45 bits per heavy atom. The topological polar surface area (TPSA) is 93.5 Å². The van der Waals surface area contributed by atoms with Crippen molar-refractivity contribution in [2.24, 2.45) is 16.5 Å². The van der Waals surface area contributed by atoms with Crippen LogP contribution in [0.25, 0.3) is 0 Å². The molecule has 1 unspecified atom stereocenters. The third-order valence-electron chi connectivity index (χ3n) is 1.06. The number of carbonyl (C=O) groups is 1. The Kier molecular flexibility index (Phi) is 4.02. The van der Waals surface area contributed by atoms with Crippen LogP contribution < -0.4 is 16.8 Å². The first-order valence-electron chi connectivity index (χ1n) is 3.42. The lowest BCUT2D eigenvalue weighted by Crippen LogP contribution is -2.35. The highest BCUT2D eigenvalue weighted by molar-refractivity contribution is 5.77. The maximum Gasteiger partial charge on any atom is 0.218 e. The lowest BCUT2D eigenvalue weighted by atomic mass is 10.4. The summed E-state index contributed by atoms with van der Waals surface area (Å²) in [5.74, 6) is -0.146. The number of guanidine groups is 1. The predicted octanol–water partition coefficient (Wildman–Crippen LogP) is -0.868. The molecule has 0 aromatic rings. The fourth-order valence-corrected chi connectivity index (χ4v) is 0.640. The Hall–Kier alpha value is -1.26. The van der Waals surface area contributed by atoms with Crippen LogP contribution >= 0.6 is 0 Å². The minimum Gasteiger partial charge on any atom is -0.370 e. The van der Waals surface area contributed by atoms with E-state index >= 15 is 0 Å². The first-order chi connectivity index (χ1) is 5.06. The molecule has 5 heteroatoms. The number of aliphatic imine (C=N–C) groups is 1. The van der Waals surface area contributed by atoms with Crippen molar-refractivity contribution in [2.45, 2.75) is 26.4 Å². The third kappa shape index (κ3) is 5.20. The summed E-state index contributed by atoms with van der Waals surface area (Å²) in [6.45, 7) is 3.30. The number of amides is 1. The van der Waals surface area contributed by atoms with Crippen LogP contribution in [0.5, 0.6) is 0 Å². The second-order valence-electron chi connectivity index (χ2n) is 2.18. The van der Waals surface area contributed by atoms with Gasteiger partial charge in [0.2, 0.25) is 5.91 Å². The Labute approximate surface area is 65.9 Å². The van der Waals surface area contributed by atoms with Gasteiger partial charge in [-0.25, -0.2) is 4.99 Å². The molecule has 5 nitrogen and oxygen atoms in total. The maximum absolute atomic E-state index is 10.5. The summed E-state index contributed by atoms with van der Waals surface area (Å²) in [5.41, 5.74) is 10.2. The Bertz CT molecular complexity index is 162. The van der Waals surface area contributed by atoms with Crippen LogP contribution in [0.15, 0.2) is 4.99 Å². The molecule has 0 fully saturated rings. The second kappa shape index (κ2) is 4.54. The fourth-order valence-electron chi connectivity index (χ4n) is 0.640. The second-order valence-corrected chi connectivity index (χ2v) is 2.18. The molecule has 0 aliphatic rings. The minimum absolute atomic E-state index is 0.00870. The zero-order valence-corrected chi connectivity index (χ0v) is 6.79. The lowest BCUT2D eigenvalue weighted by molar-refractivity contribution is -0.119. The highest BCUT2D eigenvalue weighted by Gasteiger charge is 2.03. The van der Waals surface area contributed by atoms with E-state index in [1.54, 1.807) is 0 Å². The van der Waals surface area contributed by atoms with E-state index in [1.807, 2.05) is 6.92 Å². The van der Waals surface area contributed by atoms with E-state index in [-0.39, 0.29) is 18.0 Å². The van der Waals surface area contributed by atoms with Gasteiger partial charge in [-0.15, -0.1) is 0 Å². The molecule has 0 saturated heterocycles. The van der Waals surface area contributed by atoms with Crippen molar-refractivity contribution >= 4 is 11.9 Å². The molecular weight excluding hydrogens is 144 g/mol. The van der Waals surface area contributed by atoms with Gasteiger partial charge in [0.15, 0.2) is 5.96 Å². The molecule has 0 radical (unpaired) electrons. The SMILES string of the molecule is CCC(N=C(N)N)NC(C)=O. The summed E-state index contributed by atoms with van der Waals surface area (Å²) < 4.78 is 0. The van der Waals surface area contributed by atoms with Crippen LogP contribution in [0, 0.1) is 0 Å². The van der Waals surface area contributed by atoms with Crippen LogP contribution in [-0.2, 0) is 4.79 Å². The Morgan fingerprint density at radius 2 is 2.18 bits per heavy atom. The number of hydrogen-bond acceptors (Lipinski definition) is 2. The van der Waals surface area contributed by atoms with Crippen molar-refractivity contribution in [3.63, 3.8) is 0 Å². The van der Waals surface area contributed by atoms with E-state index in [2.05, 4.69) is 10.3 Å². The van der Waals surface area contributed by atoms with Crippen LogP contribution in [0.1, 0.15) is 20.3 Å². The van der Waals surface area contributed by atoms with E-state index in [1.165, 1.54) is 6.92 Å². The van der Waals surface area contributed by atoms with Gasteiger partial charge >= 0.3 is 0 Å². The van der Waals surface area contributed by atoms with Crippen molar-refractivity contribution in [3.8, 4) is 0 Å². The molecule has 5 N–H and O–H groups in total. The van der Waals surface area contributed by atoms with E-state index in [0.717, 1.165) is 0 Å². The van der Waals surface area contributed by atoms with E-state index in [0.29, 0.717) is 6.42 Å². The van der Waals surface area contributed by atoms with Crippen molar-refractivity contribution in [1.82, 2.24) is 5.32 Å². The van der Waals surface area contributed by atoms with Gasteiger partial charge in [-0.3, -0.25) is 4.79 Å². The molecule has 0 aliphatic carbocycles. The first-order valence-corrected chi connectivity index (χ1v) is 3.42. The first kappa shape index (κ1) is 9.74. The van der Waals surface area contributed by atoms with Crippen molar-refractivity contribution in [1.29, 1.82) is 0 Å². The summed E-state index contributed by atoms with van der Waals surface area (Å²) in [6, 6.07) is 0. The van der Waals surface area contributed by atoms with Gasteiger partial charge in [0.1, 0.15) is 6.17 Å². The average molecular weight is 158 g/mol. The zero-order valence-electron chi connectivity index (χ0n) is 6.79. The van der Waals surface area contributed by atoms with Gasteiger partial charge in [-0.1, -0.05) is 6.92 Å². The van der Waals surface area contributed by atoms with Gasteiger partial charge in [-0.2, -0.15) is 0 Å². The fraction of sp³-hybridized carbons (Fsp3) is 0.667. The molecule has 0 aromatic heterocycles. The molecule has 0 bridgehead atoms. The average Bonchev–Trinajstić information content (AvgIpc) is 1.84. The normalized spacial score (nSPS) is 11.8. The van der Waals surface area contributed by atoms with Crippen molar-refractivity contribution < 1.29 is 4.79 Å². The van der Waals surface area contributed by atoms with Crippen molar-refractivity contribution in [2.75, 3.05) is 0 Å². The molecular formula is C6H14N4O. The number of nitrogens with two attached hydrogens (primary N) is 2. The standard InChI is InChI=1S/C6H14N4O/c1-3-5(9-4(2)11)10-6(7)8/h5H,3H2,1-2H3,(H,9,11)(H4,7,8,10). The summed E-state index contributed by atoms with van der Waals surface area (Å²) in [7, 11) is 0. The minimum atomic E-state index is -0.294. The number of nitrogens with zero attached hydrogens (tertiary/aromatic N) is 1. The van der Waals surface area contributed by atoms with Crippen LogP contribution in [0.3, 0.4) is 0 Å². The Balaban J connectivity index is 3.96. The molecule has 11 heavy (non-hydrogen) atoms. The summed E-state index contributed by atoms with van der Waals surface area (Å²) in [6.07, 6.45) is 0.384. The molecule has 0 aromatic carbocycles. The molecule has 1 atom stereocenters. The van der Waals surface area contributed by atoms with E-state index < -0.39 is 0 Å². The van der Waals surface area contributed by atoms with Crippen LogP contribution in [-0.4, -0.2) is 18.0 Å². The van der Waals surface area contributed by atoms with Crippen LogP contribution in [0.4, 0.5) is 0 Å². The van der Waals surface area contributed by atoms with Crippen molar-refractivity contribution in [3.05, 3.63) is 0 Å². The third-order valence-corrected chi connectivity index (χ3v) is 1.06. The number of rotatable bonds is 3. The molecule has 0 spiro atoms. The highest BCUT2D eigenvalue weighted by atomic mass is 16.1. The summed E-state index contributed by atoms with van der Waals surface area (Å²) >= 11 is 0. The number of hydrogen-bond donors (Lipinski definition) is 3. The smallest absolute Gasteiger partial charge is 0.218 e. The molecule has 0 heterocycles. The maximum atomic E-state index is 10.5. The molecule has 0 aliphatic heterocycles. The predicted molar refractivity (Wildman–Crippen MR) is 43.7 cm³/mol. The molecule has 0 saturated carbocycles. The lowest BCUT2D eigenvalue weighted by Gasteiger charge is -2.10. The zero-order chi connectivity index (χ0) is 8.85. The molecule has 1 amide bonds. The quantitative estimate of drug-likeness (QED) is 0.368. The van der Waals surface area contributed by atoms with Crippen LogP contribution in [0.2, 0.25) is 0 Å². The number of carbonyl (C=O) groups excluding carboxylic acids is 1. The highest BCUT2D eigenvalue weighted by Crippen LogP contribution is 1.90. The summed E-state index contributed by atoms with van der Waals surface area (Å²) in [4.78, 5) is 14.3. The number of nitrogens with one attached hydrogen (secondary N) is 1. The van der Waals surface area contributed by atoms with Gasteiger partial charge in [-0.05, 0) is 6.42 Å². The molecule has 0 rings (SSSR count). The Morgan fingerprint density at radius 1 is 1.64 bits per heavy atom. The van der Waals surface area contributed by atoms with Gasteiger partial charge in [0.25, 0.3) is 0 Å². The van der Waals surface area contributed by atoms with Gasteiger partial charge in [0, 0.05) is 6.92 Å².